The van der Waals surface area contributed by atoms with E-state index in [4.69, 9.17) is 14.3 Å². The van der Waals surface area contributed by atoms with E-state index in [0.29, 0.717) is 31.2 Å². The number of oxime groups is 1. The number of para-hydroxylation sites is 1. The Kier molecular flexibility index (Phi) is 6.68. The molecule has 0 saturated carbocycles. The van der Waals surface area contributed by atoms with E-state index < -0.39 is 0 Å². The summed E-state index contributed by atoms with van der Waals surface area (Å²) in [5.41, 5.74) is 0.504. The smallest absolute Gasteiger partial charge is 0.269 e. The number of amides is 1. The highest BCUT2D eigenvalue weighted by Crippen LogP contribution is 2.18. The first-order valence-corrected chi connectivity index (χ1v) is 9.08. The maximum atomic E-state index is 12.1. The summed E-state index contributed by atoms with van der Waals surface area (Å²) in [6.45, 7) is 2.87. The highest BCUT2D eigenvalue weighted by atomic mass is 16.6. The fourth-order valence-corrected chi connectivity index (χ4v) is 2.98. The van der Waals surface area contributed by atoms with Crippen molar-refractivity contribution in [2.75, 3.05) is 26.4 Å². The Bertz CT molecular complexity index is 570. The lowest BCUT2D eigenvalue weighted by molar-refractivity contribution is -0.115. The first-order valence-electron chi connectivity index (χ1n) is 9.08. The molecule has 0 spiro atoms. The van der Waals surface area contributed by atoms with Crippen molar-refractivity contribution in [1.29, 1.82) is 0 Å². The Morgan fingerprint density at radius 1 is 1.28 bits per heavy atom. The van der Waals surface area contributed by atoms with Gasteiger partial charge in [0.1, 0.15) is 17.6 Å². The molecule has 2 aliphatic heterocycles. The summed E-state index contributed by atoms with van der Waals surface area (Å²) in [4.78, 5) is 17.5. The van der Waals surface area contributed by atoms with Crippen LogP contribution < -0.4 is 10.1 Å². The van der Waals surface area contributed by atoms with Crippen molar-refractivity contribution in [3.05, 3.63) is 30.3 Å². The molecule has 136 valence electrons. The van der Waals surface area contributed by atoms with Crippen molar-refractivity contribution in [1.82, 2.24) is 5.32 Å². The molecule has 3 rings (SSSR count). The summed E-state index contributed by atoms with van der Waals surface area (Å²) in [6, 6.07) is 9.81. The van der Waals surface area contributed by atoms with Crippen LogP contribution in [0.4, 0.5) is 0 Å². The minimum absolute atomic E-state index is 0.00675. The summed E-state index contributed by atoms with van der Waals surface area (Å²) in [5, 5.41) is 6.88. The summed E-state index contributed by atoms with van der Waals surface area (Å²) in [5.74, 6) is 1.21. The second kappa shape index (κ2) is 9.42. The van der Waals surface area contributed by atoms with Crippen molar-refractivity contribution < 1.29 is 19.1 Å². The van der Waals surface area contributed by atoms with Gasteiger partial charge >= 0.3 is 0 Å². The van der Waals surface area contributed by atoms with Crippen molar-refractivity contribution in [3.8, 4) is 5.75 Å². The van der Waals surface area contributed by atoms with Gasteiger partial charge in [-0.15, -0.1) is 0 Å². The molecule has 0 bridgehead atoms. The molecule has 1 aromatic carbocycles. The Balaban J connectivity index is 1.25. The predicted molar refractivity (Wildman–Crippen MR) is 94.6 cm³/mol. The summed E-state index contributed by atoms with van der Waals surface area (Å²) >= 11 is 0. The number of rotatable bonds is 9. The number of hydrogen-bond acceptors (Lipinski definition) is 5. The third kappa shape index (κ3) is 5.74. The number of hydrogen-bond donors (Lipinski definition) is 1. The minimum atomic E-state index is -0.109. The van der Waals surface area contributed by atoms with Crippen LogP contribution in [0.3, 0.4) is 0 Å². The van der Waals surface area contributed by atoms with Gasteiger partial charge in [0, 0.05) is 25.5 Å². The fraction of sp³-hybridized carbons (Fsp3) is 0.579. The molecule has 1 saturated heterocycles. The number of ether oxygens (including phenoxy) is 2. The molecule has 0 radical (unpaired) electrons. The van der Waals surface area contributed by atoms with Gasteiger partial charge in [0.2, 0.25) is 0 Å². The Hall–Kier alpha value is -2.08. The summed E-state index contributed by atoms with van der Waals surface area (Å²) < 4.78 is 11.0. The molecule has 2 heterocycles. The molecule has 0 aliphatic carbocycles. The van der Waals surface area contributed by atoms with Crippen LogP contribution >= 0.6 is 0 Å². The quantitative estimate of drug-likeness (QED) is 0.698. The minimum Gasteiger partial charge on any atom is -0.494 e. The van der Waals surface area contributed by atoms with Crippen molar-refractivity contribution >= 4 is 11.6 Å². The van der Waals surface area contributed by atoms with Gasteiger partial charge in [-0.2, -0.15) is 0 Å². The molecule has 6 nitrogen and oxygen atoms in total. The summed E-state index contributed by atoms with van der Waals surface area (Å²) in [7, 11) is 0. The standard InChI is InChI=1S/C19H26N2O4/c22-19(20-13-15-9-11-23-14-15)18-12-17(25-21-18)8-4-5-10-24-16-6-2-1-3-7-16/h1-3,6-7,15,17H,4-5,8-14H2,(H,20,22). The molecule has 6 heteroatoms. The Labute approximate surface area is 148 Å². The Morgan fingerprint density at radius 2 is 2.16 bits per heavy atom. The number of benzene rings is 1. The highest BCUT2D eigenvalue weighted by Gasteiger charge is 2.26. The average molecular weight is 346 g/mol. The molecule has 2 atom stereocenters. The van der Waals surface area contributed by atoms with E-state index in [9.17, 15) is 4.79 Å². The monoisotopic (exact) mass is 346 g/mol. The van der Waals surface area contributed by atoms with E-state index in [2.05, 4.69) is 10.5 Å². The number of nitrogens with zero attached hydrogens (tertiary/aromatic N) is 1. The molecule has 1 aromatic rings. The molecule has 1 fully saturated rings. The van der Waals surface area contributed by atoms with E-state index in [-0.39, 0.29) is 12.0 Å². The van der Waals surface area contributed by atoms with Gasteiger partial charge < -0.3 is 19.6 Å². The number of unbranched alkanes of at least 4 members (excludes halogenated alkanes) is 1. The lowest BCUT2D eigenvalue weighted by atomic mass is 10.1. The van der Waals surface area contributed by atoms with Crippen LogP contribution in [0.1, 0.15) is 32.1 Å². The number of carbonyl (C=O) groups is 1. The van der Waals surface area contributed by atoms with E-state index in [1.807, 2.05) is 30.3 Å². The zero-order valence-corrected chi connectivity index (χ0v) is 14.5. The molecular weight excluding hydrogens is 320 g/mol. The molecule has 25 heavy (non-hydrogen) atoms. The van der Waals surface area contributed by atoms with E-state index in [1.165, 1.54) is 0 Å². The topological polar surface area (TPSA) is 69.2 Å². The lowest BCUT2D eigenvalue weighted by Crippen LogP contribution is -2.34. The van der Waals surface area contributed by atoms with Crippen molar-refractivity contribution in [2.45, 2.75) is 38.2 Å². The van der Waals surface area contributed by atoms with Gasteiger partial charge in [-0.25, -0.2) is 0 Å². The van der Waals surface area contributed by atoms with Crippen LogP contribution in [0.25, 0.3) is 0 Å². The van der Waals surface area contributed by atoms with Crippen LogP contribution in [-0.4, -0.2) is 44.1 Å². The third-order valence-electron chi connectivity index (χ3n) is 4.50. The molecule has 0 aromatic heterocycles. The van der Waals surface area contributed by atoms with E-state index in [0.717, 1.165) is 44.6 Å². The van der Waals surface area contributed by atoms with Gasteiger partial charge in [-0.3, -0.25) is 4.79 Å². The zero-order chi connectivity index (χ0) is 17.3. The number of carbonyl (C=O) groups excluding carboxylic acids is 1. The van der Waals surface area contributed by atoms with Crippen molar-refractivity contribution in [2.24, 2.45) is 11.1 Å². The maximum Gasteiger partial charge on any atom is 0.269 e. The lowest BCUT2D eigenvalue weighted by Gasteiger charge is -2.10. The number of nitrogens with one attached hydrogen (secondary N) is 1. The largest absolute Gasteiger partial charge is 0.494 e. The fourth-order valence-electron chi connectivity index (χ4n) is 2.98. The predicted octanol–water partition coefficient (Wildman–Crippen LogP) is 2.53. The van der Waals surface area contributed by atoms with Crippen LogP contribution in [0.2, 0.25) is 0 Å². The second-order valence-electron chi connectivity index (χ2n) is 6.57. The average Bonchev–Trinajstić information content (AvgIpc) is 3.32. The molecule has 1 amide bonds. The molecule has 2 aliphatic rings. The zero-order valence-electron chi connectivity index (χ0n) is 14.5. The molecule has 1 N–H and O–H groups in total. The molecular formula is C19H26N2O4. The van der Waals surface area contributed by atoms with Gasteiger partial charge in [-0.1, -0.05) is 23.4 Å². The SMILES string of the molecule is O=C(NCC1CCOC1)C1=NOC(CCCCOc2ccccc2)C1. The second-order valence-corrected chi connectivity index (χ2v) is 6.57. The van der Waals surface area contributed by atoms with Gasteiger partial charge in [0.15, 0.2) is 0 Å². The van der Waals surface area contributed by atoms with Gasteiger partial charge in [0.05, 0.1) is 13.2 Å². The van der Waals surface area contributed by atoms with Gasteiger partial charge in [0.25, 0.3) is 5.91 Å². The van der Waals surface area contributed by atoms with Crippen LogP contribution in [0.15, 0.2) is 35.5 Å². The van der Waals surface area contributed by atoms with Gasteiger partial charge in [-0.05, 0) is 37.8 Å². The first-order chi connectivity index (χ1) is 12.3. The normalized spacial score (nSPS) is 22.3. The summed E-state index contributed by atoms with van der Waals surface area (Å²) in [6.07, 6.45) is 4.43. The maximum absolute atomic E-state index is 12.1. The first kappa shape index (κ1) is 17.7. The Morgan fingerprint density at radius 3 is 2.96 bits per heavy atom. The highest BCUT2D eigenvalue weighted by molar-refractivity contribution is 6.39. The van der Waals surface area contributed by atoms with Crippen LogP contribution in [0, 0.1) is 5.92 Å². The van der Waals surface area contributed by atoms with Crippen molar-refractivity contribution in [3.63, 3.8) is 0 Å². The van der Waals surface area contributed by atoms with Crippen LogP contribution in [-0.2, 0) is 14.4 Å². The van der Waals surface area contributed by atoms with E-state index in [1.54, 1.807) is 0 Å². The van der Waals surface area contributed by atoms with E-state index >= 15 is 0 Å². The third-order valence-corrected chi connectivity index (χ3v) is 4.50. The molecule has 2 unspecified atom stereocenters. The van der Waals surface area contributed by atoms with Crippen LogP contribution in [0.5, 0.6) is 5.75 Å².